The van der Waals surface area contributed by atoms with Gasteiger partial charge in [-0.2, -0.15) is 0 Å². The van der Waals surface area contributed by atoms with Crippen LogP contribution >= 0.6 is 0 Å². The van der Waals surface area contributed by atoms with E-state index in [-0.39, 0.29) is 6.17 Å². The minimum absolute atomic E-state index is 0.291. The lowest BCUT2D eigenvalue weighted by Gasteiger charge is -2.23. The number of aromatic nitrogens is 3. The Hall–Kier alpha value is -9.53. The van der Waals surface area contributed by atoms with Gasteiger partial charge in [-0.05, 0) is 102 Å². The van der Waals surface area contributed by atoms with Gasteiger partial charge in [0.15, 0.2) is 5.84 Å². The third kappa shape index (κ3) is 6.71. The Morgan fingerprint density at radius 3 is 2.07 bits per heavy atom. The highest BCUT2D eigenvalue weighted by Crippen LogP contribution is 2.45. The molecule has 14 rings (SSSR count). The van der Waals surface area contributed by atoms with Crippen LogP contribution in [0.4, 0.5) is 11.4 Å². The third-order valence-electron chi connectivity index (χ3n) is 13.9. The summed E-state index contributed by atoms with van der Waals surface area (Å²) in [7, 11) is 0. The van der Waals surface area contributed by atoms with Crippen LogP contribution in [0.1, 0.15) is 28.4 Å². The quantitative estimate of drug-likeness (QED) is 0.159. The highest BCUT2D eigenvalue weighted by Gasteiger charge is 2.26. The van der Waals surface area contributed by atoms with E-state index in [0.717, 1.165) is 123 Å². The van der Waals surface area contributed by atoms with Crippen molar-refractivity contribution in [3.8, 4) is 27.9 Å². The smallest absolute Gasteiger partial charge is 0.214 e. The SMILES string of the molecule is Cc1c(-c2cc(-c3ccc4c(c3)c3ccccc3n4-c3cccc(C4=NC(c5ccccc5)NC(c5ccccc5)=N4)c3)ccc2Nc2ccccc2)c2nc3ccccc3n2c2oc3ccccc3c12. The topological polar surface area (TPSA) is 84.1 Å². The van der Waals surface area contributed by atoms with Gasteiger partial charge in [-0.1, -0.05) is 152 Å². The number of amidine groups is 2. The van der Waals surface area contributed by atoms with Crippen LogP contribution in [-0.2, 0) is 0 Å². The lowest BCUT2D eigenvalue weighted by atomic mass is 9.93. The maximum absolute atomic E-state index is 6.70. The summed E-state index contributed by atoms with van der Waals surface area (Å²) < 4.78 is 11.3. The molecule has 1 atom stereocenters. The van der Waals surface area contributed by atoms with E-state index in [2.05, 4.69) is 202 Å². The van der Waals surface area contributed by atoms with E-state index in [9.17, 15) is 0 Å². The molecule has 1 aliphatic rings. The van der Waals surface area contributed by atoms with Crippen molar-refractivity contribution < 1.29 is 4.42 Å². The number of furan rings is 1. The maximum atomic E-state index is 6.70. The van der Waals surface area contributed by atoms with Crippen molar-refractivity contribution >= 4 is 83.6 Å². The number of nitrogens with one attached hydrogen (secondary N) is 2. The zero-order chi connectivity index (χ0) is 47.0. The summed E-state index contributed by atoms with van der Waals surface area (Å²) in [5, 5.41) is 11.9. The molecule has 9 aromatic carbocycles. The van der Waals surface area contributed by atoms with Crippen molar-refractivity contribution in [2.45, 2.75) is 13.1 Å². The fourth-order valence-electron chi connectivity index (χ4n) is 10.6. The van der Waals surface area contributed by atoms with Gasteiger partial charge in [0.05, 0.1) is 27.5 Å². The summed E-state index contributed by atoms with van der Waals surface area (Å²) in [5.74, 6) is 1.47. The zero-order valence-electron chi connectivity index (χ0n) is 38.6. The first-order valence-corrected chi connectivity index (χ1v) is 24.0. The van der Waals surface area contributed by atoms with E-state index in [0.29, 0.717) is 5.84 Å². The molecular weight excluding hydrogens is 871 g/mol. The molecular formula is C63H43N7O. The second-order valence-corrected chi connectivity index (χ2v) is 18.2. The minimum Gasteiger partial charge on any atom is -0.439 e. The Labute approximate surface area is 408 Å². The number of aryl methyl sites for hydroxylation is 1. The van der Waals surface area contributed by atoms with Crippen LogP contribution < -0.4 is 10.6 Å². The average molecular weight is 914 g/mol. The summed E-state index contributed by atoms with van der Waals surface area (Å²) in [6.07, 6.45) is -0.291. The van der Waals surface area contributed by atoms with E-state index < -0.39 is 0 Å². The Morgan fingerprint density at radius 1 is 0.549 bits per heavy atom. The number of hydrogen-bond acceptors (Lipinski definition) is 6. The second-order valence-electron chi connectivity index (χ2n) is 18.2. The molecule has 0 aliphatic carbocycles. The number of para-hydroxylation sites is 5. The van der Waals surface area contributed by atoms with Crippen LogP contribution in [-0.4, -0.2) is 25.6 Å². The molecule has 2 N–H and O–H groups in total. The third-order valence-corrected chi connectivity index (χ3v) is 13.9. The molecule has 1 unspecified atom stereocenters. The zero-order valence-corrected chi connectivity index (χ0v) is 38.6. The molecule has 8 nitrogen and oxygen atoms in total. The fraction of sp³-hybridized carbons (Fsp3) is 0.0317. The molecule has 0 spiro atoms. The number of rotatable bonds is 8. The molecule has 0 saturated carbocycles. The van der Waals surface area contributed by atoms with E-state index in [4.69, 9.17) is 19.4 Å². The van der Waals surface area contributed by atoms with Gasteiger partial charge in [0, 0.05) is 55.5 Å². The molecule has 336 valence electrons. The van der Waals surface area contributed by atoms with Crippen molar-refractivity contribution in [2.24, 2.45) is 9.98 Å². The lowest BCUT2D eigenvalue weighted by molar-refractivity contribution is 0.650. The molecule has 13 aromatic rings. The van der Waals surface area contributed by atoms with Crippen LogP contribution in [0, 0.1) is 6.92 Å². The number of hydrogen-bond donors (Lipinski definition) is 2. The maximum Gasteiger partial charge on any atom is 0.214 e. The standard InChI is InChI=1S/C63H43N7O/c1-39-57(62-65-52-28-13-15-30-55(52)70(62)63-58(39)48-27-12-16-31-56(48)71-63)50-38-42(32-34-51(50)64-45-23-9-4-10-24-45)43-33-35-54-49(37-43)47-26-11-14-29-53(47)69(54)46-25-17-22-44(36-46)61-67-59(40-18-5-2-6-19-40)66-60(68-61)41-20-7-3-8-21-41/h2-38,59,64H,1H3,(H,66,67,68). The Morgan fingerprint density at radius 2 is 1.23 bits per heavy atom. The monoisotopic (exact) mass is 913 g/mol. The van der Waals surface area contributed by atoms with Crippen molar-refractivity contribution in [1.82, 2.24) is 19.3 Å². The number of fused-ring (bicyclic) bond motifs is 10. The van der Waals surface area contributed by atoms with Crippen LogP contribution in [0.3, 0.4) is 0 Å². The number of aliphatic imine (C=N–C) groups is 2. The second kappa shape index (κ2) is 16.3. The van der Waals surface area contributed by atoms with Crippen LogP contribution in [0.5, 0.6) is 0 Å². The Kier molecular flexibility index (Phi) is 9.32. The van der Waals surface area contributed by atoms with Gasteiger partial charge in [-0.15, -0.1) is 0 Å². The van der Waals surface area contributed by atoms with E-state index >= 15 is 0 Å². The first-order chi connectivity index (χ1) is 35.1. The van der Waals surface area contributed by atoms with E-state index in [1.54, 1.807) is 0 Å². The minimum atomic E-state index is -0.291. The molecule has 1 aliphatic heterocycles. The molecule has 0 radical (unpaired) electrons. The summed E-state index contributed by atoms with van der Waals surface area (Å²) in [4.78, 5) is 15.7. The molecule has 5 heterocycles. The van der Waals surface area contributed by atoms with Crippen molar-refractivity contribution in [2.75, 3.05) is 5.32 Å². The van der Waals surface area contributed by atoms with Gasteiger partial charge < -0.3 is 19.6 Å². The van der Waals surface area contributed by atoms with Crippen molar-refractivity contribution in [3.63, 3.8) is 0 Å². The van der Waals surface area contributed by atoms with Crippen LogP contribution in [0.15, 0.2) is 239 Å². The molecule has 0 amide bonds. The highest BCUT2D eigenvalue weighted by atomic mass is 16.3. The van der Waals surface area contributed by atoms with Gasteiger partial charge in [-0.25, -0.2) is 15.0 Å². The van der Waals surface area contributed by atoms with Gasteiger partial charge in [-0.3, -0.25) is 4.40 Å². The van der Waals surface area contributed by atoms with Gasteiger partial charge in [0.25, 0.3) is 0 Å². The van der Waals surface area contributed by atoms with Gasteiger partial charge in [0.2, 0.25) is 5.71 Å². The van der Waals surface area contributed by atoms with E-state index in [1.807, 2.05) is 48.5 Å². The van der Waals surface area contributed by atoms with Gasteiger partial charge in [0.1, 0.15) is 23.2 Å². The normalized spacial score (nSPS) is 13.8. The summed E-state index contributed by atoms with van der Waals surface area (Å²) in [6, 6.07) is 78.5. The predicted molar refractivity (Wildman–Crippen MR) is 291 cm³/mol. The molecule has 8 heteroatoms. The first kappa shape index (κ1) is 40.5. The van der Waals surface area contributed by atoms with E-state index in [1.165, 1.54) is 5.39 Å². The highest BCUT2D eigenvalue weighted by molar-refractivity contribution is 6.15. The largest absolute Gasteiger partial charge is 0.439 e. The number of pyridine rings is 1. The summed E-state index contributed by atoms with van der Waals surface area (Å²) in [5.41, 5.74) is 18.1. The molecule has 4 aromatic heterocycles. The number of benzene rings is 9. The van der Waals surface area contributed by atoms with Crippen molar-refractivity contribution in [1.29, 1.82) is 0 Å². The molecule has 0 bridgehead atoms. The lowest BCUT2D eigenvalue weighted by Crippen LogP contribution is -2.33. The Bertz CT molecular complexity index is 4300. The summed E-state index contributed by atoms with van der Waals surface area (Å²) in [6.45, 7) is 2.21. The first-order valence-electron chi connectivity index (χ1n) is 24.0. The average Bonchev–Trinajstić information content (AvgIpc) is 4.12. The summed E-state index contributed by atoms with van der Waals surface area (Å²) >= 11 is 0. The van der Waals surface area contributed by atoms with Crippen LogP contribution in [0.25, 0.3) is 88.5 Å². The van der Waals surface area contributed by atoms with Crippen LogP contribution in [0.2, 0.25) is 0 Å². The van der Waals surface area contributed by atoms with Gasteiger partial charge >= 0.3 is 0 Å². The molecule has 71 heavy (non-hydrogen) atoms. The van der Waals surface area contributed by atoms with Crippen molar-refractivity contribution in [3.05, 3.63) is 247 Å². The Balaban J connectivity index is 0.935. The number of nitrogens with zero attached hydrogens (tertiary/aromatic N) is 5. The fourth-order valence-corrected chi connectivity index (χ4v) is 10.6. The number of imidazole rings is 1. The molecule has 0 saturated heterocycles. The predicted octanol–water partition coefficient (Wildman–Crippen LogP) is 15.4. The number of anilines is 2. The molecule has 0 fully saturated rings.